The van der Waals surface area contributed by atoms with E-state index in [0.29, 0.717) is 27.0 Å². The second-order valence-electron chi connectivity index (χ2n) is 6.47. The zero-order chi connectivity index (χ0) is 22.2. The summed E-state index contributed by atoms with van der Waals surface area (Å²) in [5, 5.41) is 0.793. The van der Waals surface area contributed by atoms with Gasteiger partial charge in [0.15, 0.2) is 6.61 Å². The van der Waals surface area contributed by atoms with Crippen LogP contribution >= 0.6 is 23.2 Å². The fourth-order valence-electron chi connectivity index (χ4n) is 2.80. The number of aromatic nitrogens is 1. The van der Waals surface area contributed by atoms with Crippen molar-refractivity contribution in [2.75, 3.05) is 18.1 Å². The predicted molar refractivity (Wildman–Crippen MR) is 120 cm³/mol. The molecule has 0 aliphatic carbocycles. The Morgan fingerprint density at radius 1 is 1.06 bits per heavy atom. The molecule has 8 heteroatoms. The van der Waals surface area contributed by atoms with Crippen LogP contribution in [0, 0.1) is 0 Å². The number of carbonyl (C=O) groups excluding carboxylic acids is 2. The summed E-state index contributed by atoms with van der Waals surface area (Å²) in [7, 11) is 0. The molecule has 3 rings (SSSR count). The third kappa shape index (κ3) is 6.20. The summed E-state index contributed by atoms with van der Waals surface area (Å²) in [5.74, 6) is -0.350. The number of benzene rings is 2. The molecule has 0 spiro atoms. The summed E-state index contributed by atoms with van der Waals surface area (Å²) in [6, 6.07) is 15.1. The number of ether oxygens (including phenoxy) is 2. The monoisotopic (exact) mass is 458 g/mol. The molecule has 0 fully saturated rings. The molecule has 0 atom stereocenters. The highest BCUT2D eigenvalue weighted by Gasteiger charge is 2.19. The van der Waals surface area contributed by atoms with Gasteiger partial charge in [0.2, 0.25) is 0 Å². The first kappa shape index (κ1) is 22.6. The maximum absolute atomic E-state index is 13.0. The smallest absolute Gasteiger partial charge is 0.338 e. The van der Waals surface area contributed by atoms with E-state index in [4.69, 9.17) is 32.7 Å². The number of nitrogens with zero attached hydrogens (tertiary/aromatic N) is 2. The molecule has 31 heavy (non-hydrogen) atoms. The van der Waals surface area contributed by atoms with Crippen LogP contribution in [0.25, 0.3) is 0 Å². The Balaban J connectivity index is 1.80. The van der Waals surface area contributed by atoms with Gasteiger partial charge >= 0.3 is 5.97 Å². The maximum atomic E-state index is 13.0. The molecule has 2 aromatic carbocycles. The van der Waals surface area contributed by atoms with Crippen molar-refractivity contribution in [3.05, 3.63) is 88.2 Å². The molecule has 0 aliphatic rings. The summed E-state index contributed by atoms with van der Waals surface area (Å²) < 4.78 is 10.6. The van der Waals surface area contributed by atoms with Crippen LogP contribution < -0.4 is 9.64 Å². The zero-order valence-electron chi connectivity index (χ0n) is 16.8. The van der Waals surface area contributed by atoms with Crippen LogP contribution in [-0.4, -0.2) is 30.1 Å². The fourth-order valence-corrected chi connectivity index (χ4v) is 3.26. The van der Waals surface area contributed by atoms with Crippen LogP contribution in [0.5, 0.6) is 5.75 Å². The highest BCUT2D eigenvalue weighted by Crippen LogP contribution is 2.28. The Morgan fingerprint density at radius 2 is 1.84 bits per heavy atom. The van der Waals surface area contributed by atoms with E-state index in [1.165, 1.54) is 0 Å². The van der Waals surface area contributed by atoms with Gasteiger partial charge in [-0.1, -0.05) is 29.3 Å². The molecule has 0 radical (unpaired) electrons. The normalized spacial score (nSPS) is 10.4. The Hall–Kier alpha value is -3.09. The van der Waals surface area contributed by atoms with Crippen LogP contribution in [0.2, 0.25) is 10.0 Å². The van der Waals surface area contributed by atoms with Gasteiger partial charge in [0, 0.05) is 23.1 Å². The van der Waals surface area contributed by atoms with E-state index >= 15 is 0 Å². The number of anilines is 1. The molecule has 1 aromatic heterocycles. The van der Waals surface area contributed by atoms with Crippen LogP contribution in [0.15, 0.2) is 67.0 Å². The van der Waals surface area contributed by atoms with Gasteiger partial charge in [-0.25, -0.2) is 4.79 Å². The molecule has 0 bridgehead atoms. The first-order chi connectivity index (χ1) is 15.0. The molecule has 6 nitrogen and oxygen atoms in total. The number of amides is 1. The van der Waals surface area contributed by atoms with E-state index in [9.17, 15) is 9.59 Å². The molecule has 0 N–H and O–H groups in total. The van der Waals surface area contributed by atoms with Crippen molar-refractivity contribution in [2.24, 2.45) is 0 Å². The summed E-state index contributed by atoms with van der Waals surface area (Å²) >= 11 is 12.0. The van der Waals surface area contributed by atoms with E-state index < -0.39 is 5.97 Å². The first-order valence-electron chi connectivity index (χ1n) is 9.52. The lowest BCUT2D eigenvalue weighted by Gasteiger charge is -2.23. The number of hydrogen-bond donors (Lipinski definition) is 0. The molecule has 3 aromatic rings. The van der Waals surface area contributed by atoms with Crippen molar-refractivity contribution in [1.82, 2.24) is 4.98 Å². The molecular weight excluding hydrogens is 439 g/mol. The van der Waals surface area contributed by atoms with Gasteiger partial charge in [-0.2, -0.15) is 0 Å². The van der Waals surface area contributed by atoms with Gasteiger partial charge in [-0.15, -0.1) is 0 Å². The van der Waals surface area contributed by atoms with Crippen molar-refractivity contribution < 1.29 is 19.1 Å². The average Bonchev–Trinajstić information content (AvgIpc) is 2.78. The Morgan fingerprint density at radius 3 is 2.48 bits per heavy atom. The highest BCUT2D eigenvalue weighted by atomic mass is 35.5. The van der Waals surface area contributed by atoms with Crippen molar-refractivity contribution in [3.8, 4) is 5.75 Å². The van der Waals surface area contributed by atoms with Gasteiger partial charge in [0.05, 0.1) is 23.7 Å². The Kier molecular flexibility index (Phi) is 7.87. The Labute approximate surface area is 190 Å². The summed E-state index contributed by atoms with van der Waals surface area (Å²) in [5.41, 5.74) is 1.85. The molecule has 1 amide bonds. The van der Waals surface area contributed by atoms with E-state index in [-0.39, 0.29) is 25.7 Å². The van der Waals surface area contributed by atoms with E-state index in [0.717, 1.165) is 5.56 Å². The molecule has 0 saturated heterocycles. The average molecular weight is 459 g/mol. The number of rotatable bonds is 8. The van der Waals surface area contributed by atoms with Gasteiger partial charge in [0.1, 0.15) is 5.75 Å². The minimum absolute atomic E-state index is 0.235. The van der Waals surface area contributed by atoms with Crippen LogP contribution in [0.3, 0.4) is 0 Å². The summed E-state index contributed by atoms with van der Waals surface area (Å²) in [6.45, 7) is 2.08. The zero-order valence-corrected chi connectivity index (χ0v) is 18.3. The van der Waals surface area contributed by atoms with Gasteiger partial charge in [-0.05, 0) is 61.0 Å². The second kappa shape index (κ2) is 10.8. The second-order valence-corrected chi connectivity index (χ2v) is 7.32. The standard InChI is InChI=1S/C23H20Cl2N2O4/c1-2-30-23(29)17-5-8-19(9-6-17)27(14-16-4-3-11-26-13-16)22(28)15-31-21-10-7-18(24)12-20(21)25/h3-13H,2,14-15H2,1H3. The van der Waals surface area contributed by atoms with Gasteiger partial charge < -0.3 is 14.4 Å². The lowest BCUT2D eigenvalue weighted by atomic mass is 10.1. The molecule has 160 valence electrons. The number of carbonyl (C=O) groups is 2. The third-order valence-corrected chi connectivity index (χ3v) is 4.83. The minimum Gasteiger partial charge on any atom is -0.482 e. The largest absolute Gasteiger partial charge is 0.482 e. The number of hydrogen-bond acceptors (Lipinski definition) is 5. The van der Waals surface area contributed by atoms with Gasteiger partial charge in [-0.3, -0.25) is 9.78 Å². The third-order valence-electron chi connectivity index (χ3n) is 4.30. The van der Waals surface area contributed by atoms with E-state index in [2.05, 4.69) is 4.98 Å². The number of pyridine rings is 1. The minimum atomic E-state index is -0.417. The fraction of sp³-hybridized carbons (Fsp3) is 0.174. The quantitative estimate of drug-likeness (QED) is 0.435. The lowest BCUT2D eigenvalue weighted by molar-refractivity contribution is -0.120. The van der Waals surface area contributed by atoms with Crippen molar-refractivity contribution >= 4 is 40.8 Å². The van der Waals surface area contributed by atoms with Crippen molar-refractivity contribution in [1.29, 1.82) is 0 Å². The Bertz CT molecular complexity index is 1040. The molecule has 1 heterocycles. The van der Waals surface area contributed by atoms with E-state index in [1.54, 1.807) is 72.7 Å². The number of halogens is 2. The molecule has 0 aliphatic heterocycles. The highest BCUT2D eigenvalue weighted by molar-refractivity contribution is 6.35. The summed E-state index contributed by atoms with van der Waals surface area (Å²) in [4.78, 5) is 30.6. The van der Waals surface area contributed by atoms with Gasteiger partial charge in [0.25, 0.3) is 5.91 Å². The first-order valence-corrected chi connectivity index (χ1v) is 10.3. The van der Waals surface area contributed by atoms with E-state index in [1.807, 2.05) is 6.07 Å². The summed E-state index contributed by atoms with van der Waals surface area (Å²) in [6.07, 6.45) is 3.35. The molecular formula is C23H20Cl2N2O4. The number of esters is 1. The van der Waals surface area contributed by atoms with Crippen molar-refractivity contribution in [2.45, 2.75) is 13.5 Å². The topological polar surface area (TPSA) is 68.7 Å². The van der Waals surface area contributed by atoms with Crippen molar-refractivity contribution in [3.63, 3.8) is 0 Å². The SMILES string of the molecule is CCOC(=O)c1ccc(N(Cc2cccnc2)C(=O)COc2ccc(Cl)cc2Cl)cc1. The van der Waals surface area contributed by atoms with Crippen LogP contribution in [0.1, 0.15) is 22.8 Å². The predicted octanol–water partition coefficient (Wildman–Crippen LogP) is 5.18. The molecule has 0 saturated carbocycles. The lowest BCUT2D eigenvalue weighted by Crippen LogP contribution is -2.34. The maximum Gasteiger partial charge on any atom is 0.338 e. The molecule has 0 unspecified atom stereocenters. The van der Waals surface area contributed by atoms with Crippen LogP contribution in [0.4, 0.5) is 5.69 Å². The van der Waals surface area contributed by atoms with Crippen LogP contribution in [-0.2, 0) is 16.1 Å².